The van der Waals surface area contributed by atoms with Gasteiger partial charge >= 0.3 is 59.1 Å². The Kier molecular flexibility index (Phi) is 14.9. The van der Waals surface area contributed by atoms with Gasteiger partial charge in [0.25, 0.3) is 20.2 Å². The predicted molar refractivity (Wildman–Crippen MR) is 211 cm³/mol. The van der Waals surface area contributed by atoms with Crippen molar-refractivity contribution in [2.45, 2.75) is 9.79 Å². The Bertz CT molecular complexity index is 2350. The maximum absolute atomic E-state index is 12.4. The quantitative estimate of drug-likeness (QED) is 0.0493. The third-order valence-electron chi connectivity index (χ3n) is 6.81. The molecule has 0 unspecified atom stereocenters. The van der Waals surface area contributed by atoms with E-state index < -0.39 is 30.0 Å². The third kappa shape index (κ3) is 11.9. The van der Waals surface area contributed by atoms with E-state index in [9.17, 15) is 25.9 Å². The summed E-state index contributed by atoms with van der Waals surface area (Å²) in [6, 6.07) is 25.9. The Morgan fingerprint density at radius 3 is 1.09 bits per heavy atom. The van der Waals surface area contributed by atoms with Crippen molar-refractivity contribution in [1.29, 1.82) is 0 Å². The molecule has 0 aliphatic heterocycles. The van der Waals surface area contributed by atoms with Crippen LogP contribution in [0.1, 0.15) is 11.1 Å². The number of benzene rings is 4. The molecule has 54 heavy (non-hydrogen) atoms. The topological polar surface area (TPSA) is 234 Å². The van der Waals surface area contributed by atoms with Gasteiger partial charge in [-0.3, -0.25) is 9.11 Å². The van der Waals surface area contributed by atoms with Gasteiger partial charge in [0.05, 0.1) is 0 Å². The van der Waals surface area contributed by atoms with E-state index in [4.69, 9.17) is 23.2 Å². The van der Waals surface area contributed by atoms with Gasteiger partial charge in [0.1, 0.15) is 9.79 Å². The third-order valence-corrected chi connectivity index (χ3v) is 8.97. The average Bonchev–Trinajstić information content (AvgIpc) is 3.07. The predicted octanol–water partition coefficient (Wildman–Crippen LogP) is 5.70. The molecular weight excluding hydrogens is 801 g/mol. The minimum atomic E-state index is -4.81. The van der Waals surface area contributed by atoms with E-state index in [2.05, 4.69) is 51.2 Å². The number of anilines is 8. The monoisotopic (exact) mass is 826 g/mol. The standard InChI is InChI=1S/C32H24Cl2N10O6S2.2Na.2H/c33-27-39-29(35-21-7-3-1-4-8-21)43-31(41-27)37-23-15-13-19(25(17-23)51(45,46)47)11-12-20-14-16-24(18-26(20)52(48,49)50)38-32-42-28(34)40-30(44-32)36-22-9-5-2-6-10-22;;;;/h1-18H,(H,45,46,47)(H,48,49,50)(H2,35,37,39,41,43)(H2,36,38,40,42,44);;;;/b12-11+;;;;. The molecule has 6 aromatic rings. The van der Waals surface area contributed by atoms with Crippen molar-refractivity contribution in [3.05, 3.63) is 119 Å². The van der Waals surface area contributed by atoms with Crippen LogP contribution in [0.5, 0.6) is 0 Å². The zero-order valence-corrected chi connectivity index (χ0v) is 29.3. The van der Waals surface area contributed by atoms with Gasteiger partial charge in [-0.1, -0.05) is 60.7 Å². The summed E-state index contributed by atoms with van der Waals surface area (Å²) in [6.45, 7) is 0. The van der Waals surface area contributed by atoms with Crippen molar-refractivity contribution < 1.29 is 25.9 Å². The molecule has 6 rings (SSSR count). The molecule has 268 valence electrons. The molecule has 0 spiro atoms. The number of rotatable bonds is 12. The number of aromatic nitrogens is 6. The first kappa shape index (κ1) is 43.0. The van der Waals surface area contributed by atoms with Crippen LogP contribution < -0.4 is 21.3 Å². The van der Waals surface area contributed by atoms with Gasteiger partial charge in [0, 0.05) is 22.7 Å². The van der Waals surface area contributed by atoms with Crippen molar-refractivity contribution in [3.8, 4) is 0 Å². The molecule has 0 aliphatic rings. The molecule has 16 nitrogen and oxygen atoms in total. The summed E-state index contributed by atoms with van der Waals surface area (Å²) < 4.78 is 69.8. The first-order chi connectivity index (χ1) is 24.8. The molecule has 22 heteroatoms. The summed E-state index contributed by atoms with van der Waals surface area (Å²) in [7, 11) is -9.62. The van der Waals surface area contributed by atoms with E-state index in [-0.39, 0.29) is 116 Å². The maximum atomic E-state index is 12.4. The second-order valence-corrected chi connectivity index (χ2v) is 14.0. The van der Waals surface area contributed by atoms with Crippen LogP contribution in [0.2, 0.25) is 10.6 Å². The number of hydrogen-bond acceptors (Lipinski definition) is 14. The summed E-state index contributed by atoms with van der Waals surface area (Å²) >= 11 is 12.2. The second-order valence-electron chi connectivity index (χ2n) is 10.5. The summed E-state index contributed by atoms with van der Waals surface area (Å²) in [5.41, 5.74) is 1.65. The first-order valence-corrected chi connectivity index (χ1v) is 18.3. The molecule has 0 fully saturated rings. The summed E-state index contributed by atoms with van der Waals surface area (Å²) in [5.74, 6) is 0.164. The fourth-order valence-corrected chi connectivity index (χ4v) is 6.35. The van der Waals surface area contributed by atoms with Crippen molar-refractivity contribution in [1.82, 2.24) is 29.9 Å². The fourth-order valence-electron chi connectivity index (χ4n) is 4.61. The van der Waals surface area contributed by atoms with Crippen molar-refractivity contribution in [2.24, 2.45) is 0 Å². The zero-order valence-electron chi connectivity index (χ0n) is 26.2. The number of para-hydroxylation sites is 2. The molecule has 2 heterocycles. The summed E-state index contributed by atoms with van der Waals surface area (Å²) in [6.07, 6.45) is 2.50. The normalized spacial score (nSPS) is 11.3. The number of nitrogens with zero attached hydrogens (tertiary/aromatic N) is 6. The van der Waals surface area contributed by atoms with E-state index in [1.807, 2.05) is 36.4 Å². The van der Waals surface area contributed by atoms with Crippen LogP contribution in [0, 0.1) is 0 Å². The molecule has 0 radical (unpaired) electrons. The van der Waals surface area contributed by atoms with Gasteiger partial charge in [-0.05, 0) is 82.9 Å². The van der Waals surface area contributed by atoms with Crippen LogP contribution >= 0.6 is 23.2 Å². The Morgan fingerprint density at radius 2 is 0.778 bits per heavy atom. The molecule has 4 aromatic carbocycles. The molecular formula is C32H26Cl2N10Na2O6S2. The van der Waals surface area contributed by atoms with Gasteiger partial charge < -0.3 is 21.3 Å². The van der Waals surface area contributed by atoms with E-state index in [1.54, 1.807) is 24.3 Å². The van der Waals surface area contributed by atoms with Crippen molar-refractivity contribution in [3.63, 3.8) is 0 Å². The SMILES string of the molecule is O=S(=O)(O)c1cc(Nc2nc(Cl)nc(Nc3ccccc3)n2)ccc1/C=C/c1ccc(Nc2nc(Cl)nc(Nc3ccccc3)n2)cc1S(=O)(=O)O.[NaH].[NaH]. The number of halogens is 2. The Labute approximate surface area is 363 Å². The molecule has 2 aromatic heterocycles. The Morgan fingerprint density at radius 1 is 0.463 bits per heavy atom. The van der Waals surface area contributed by atoms with Crippen LogP contribution in [-0.2, 0) is 20.2 Å². The van der Waals surface area contributed by atoms with Gasteiger partial charge in [0.15, 0.2) is 0 Å². The van der Waals surface area contributed by atoms with Crippen LogP contribution in [0.25, 0.3) is 12.2 Å². The van der Waals surface area contributed by atoms with Gasteiger partial charge in [0.2, 0.25) is 34.4 Å². The first-order valence-electron chi connectivity index (χ1n) is 14.7. The molecule has 0 aliphatic carbocycles. The zero-order chi connectivity index (χ0) is 36.9. The average molecular weight is 828 g/mol. The van der Waals surface area contributed by atoms with Crippen LogP contribution in [0.4, 0.5) is 46.5 Å². The van der Waals surface area contributed by atoms with E-state index >= 15 is 0 Å². The molecule has 0 amide bonds. The number of hydrogen-bond donors (Lipinski definition) is 6. The summed E-state index contributed by atoms with van der Waals surface area (Å²) in [5, 5.41) is 11.3. The number of nitrogens with one attached hydrogen (secondary N) is 4. The molecule has 0 atom stereocenters. The van der Waals surface area contributed by atoms with Crippen LogP contribution in [0.15, 0.2) is 107 Å². The van der Waals surface area contributed by atoms with Gasteiger partial charge in [-0.15, -0.1) is 0 Å². The van der Waals surface area contributed by atoms with E-state index in [0.717, 1.165) is 12.1 Å². The Hall–Kier alpha value is -3.76. The van der Waals surface area contributed by atoms with Gasteiger partial charge in [-0.2, -0.15) is 46.7 Å². The molecule has 0 saturated heterocycles. The van der Waals surface area contributed by atoms with E-state index in [0.29, 0.717) is 11.4 Å². The second kappa shape index (κ2) is 18.7. The fraction of sp³-hybridized carbons (Fsp3) is 0. The van der Waals surface area contributed by atoms with Crippen molar-refractivity contribution >= 4 is 161 Å². The van der Waals surface area contributed by atoms with Gasteiger partial charge in [-0.25, -0.2) is 0 Å². The van der Waals surface area contributed by atoms with Crippen LogP contribution in [0.3, 0.4) is 0 Å². The van der Waals surface area contributed by atoms with E-state index in [1.165, 1.54) is 36.4 Å². The molecule has 6 N–H and O–H groups in total. The minimum absolute atomic E-state index is 0. The molecule has 0 saturated carbocycles. The Balaban J connectivity index is 0.00000325. The summed E-state index contributed by atoms with van der Waals surface area (Å²) in [4.78, 5) is 23.5. The molecule has 0 bridgehead atoms. The van der Waals surface area contributed by atoms with Crippen LogP contribution in [-0.4, -0.2) is 115 Å². The van der Waals surface area contributed by atoms with Crippen molar-refractivity contribution in [2.75, 3.05) is 21.3 Å².